The molecule has 1 amide bonds. The standard InChI is InChI=1S/C21H26N4O4/c1-16-10-12-24(13-11-16)20-9-8-17(15-22-20)23-21(26)7-4-14-29-19-6-3-2-5-18(19)25(27)28/h2-3,5-6,8-9,15-16H,4,7,10-14H2,1H3,(H,23,26). The lowest BCUT2D eigenvalue weighted by atomic mass is 9.99. The van der Waals surface area contributed by atoms with Crippen molar-refractivity contribution in [3.8, 4) is 5.75 Å². The largest absolute Gasteiger partial charge is 0.487 e. The number of nitro groups is 1. The minimum absolute atomic E-state index is 0.0775. The maximum Gasteiger partial charge on any atom is 0.310 e. The second-order valence-corrected chi connectivity index (χ2v) is 7.30. The van der Waals surface area contributed by atoms with Gasteiger partial charge in [-0.05, 0) is 43.4 Å². The summed E-state index contributed by atoms with van der Waals surface area (Å²) >= 11 is 0. The van der Waals surface area contributed by atoms with Crippen LogP contribution in [0.3, 0.4) is 0 Å². The van der Waals surface area contributed by atoms with Crippen LogP contribution in [0.15, 0.2) is 42.6 Å². The lowest BCUT2D eigenvalue weighted by Gasteiger charge is -2.31. The predicted molar refractivity (Wildman–Crippen MR) is 111 cm³/mol. The van der Waals surface area contributed by atoms with Gasteiger partial charge in [-0.3, -0.25) is 14.9 Å². The zero-order valence-corrected chi connectivity index (χ0v) is 16.5. The van der Waals surface area contributed by atoms with E-state index in [4.69, 9.17) is 4.74 Å². The number of amides is 1. The molecule has 8 heteroatoms. The molecule has 1 aliphatic rings. The quantitative estimate of drug-likeness (QED) is 0.410. The molecule has 0 radical (unpaired) electrons. The summed E-state index contributed by atoms with van der Waals surface area (Å²) in [6.45, 7) is 4.53. The van der Waals surface area contributed by atoms with Crippen LogP contribution >= 0.6 is 0 Å². The van der Waals surface area contributed by atoms with Gasteiger partial charge in [0.05, 0.1) is 23.4 Å². The molecule has 1 aromatic carbocycles. The predicted octanol–water partition coefficient (Wildman–Crippen LogP) is 4.02. The second-order valence-electron chi connectivity index (χ2n) is 7.30. The van der Waals surface area contributed by atoms with Gasteiger partial charge in [0.2, 0.25) is 5.91 Å². The van der Waals surface area contributed by atoms with Crippen molar-refractivity contribution in [2.75, 3.05) is 29.9 Å². The van der Waals surface area contributed by atoms with E-state index in [-0.39, 0.29) is 30.4 Å². The summed E-state index contributed by atoms with van der Waals surface area (Å²) in [7, 11) is 0. The van der Waals surface area contributed by atoms with E-state index in [0.29, 0.717) is 12.1 Å². The molecule has 0 aliphatic carbocycles. The van der Waals surface area contributed by atoms with Crippen molar-refractivity contribution >= 4 is 23.1 Å². The molecule has 0 saturated carbocycles. The molecule has 29 heavy (non-hydrogen) atoms. The number of hydrogen-bond acceptors (Lipinski definition) is 6. The fourth-order valence-corrected chi connectivity index (χ4v) is 3.25. The first kappa shape index (κ1) is 20.6. The van der Waals surface area contributed by atoms with Crippen LogP contribution in [0.5, 0.6) is 5.75 Å². The molecule has 0 spiro atoms. The zero-order chi connectivity index (χ0) is 20.6. The molecular weight excluding hydrogens is 372 g/mol. The number of rotatable bonds is 8. The first-order chi connectivity index (χ1) is 14.0. The van der Waals surface area contributed by atoms with Crippen molar-refractivity contribution < 1.29 is 14.5 Å². The molecule has 1 saturated heterocycles. The Morgan fingerprint density at radius 1 is 1.28 bits per heavy atom. The molecule has 2 aromatic rings. The van der Waals surface area contributed by atoms with E-state index in [2.05, 4.69) is 22.1 Å². The summed E-state index contributed by atoms with van der Waals surface area (Å²) in [5, 5.41) is 13.8. The van der Waals surface area contributed by atoms with Crippen LogP contribution in [-0.4, -0.2) is 35.5 Å². The number of hydrogen-bond donors (Lipinski definition) is 1. The fraction of sp³-hybridized carbons (Fsp3) is 0.429. The number of benzene rings is 1. The molecule has 1 aliphatic heterocycles. The minimum Gasteiger partial charge on any atom is -0.487 e. The van der Waals surface area contributed by atoms with Gasteiger partial charge in [-0.15, -0.1) is 0 Å². The number of nitrogens with one attached hydrogen (secondary N) is 1. The van der Waals surface area contributed by atoms with Crippen LogP contribution in [-0.2, 0) is 4.79 Å². The summed E-state index contributed by atoms with van der Waals surface area (Å²) in [6.07, 6.45) is 4.74. The van der Waals surface area contributed by atoms with Crippen molar-refractivity contribution in [1.29, 1.82) is 0 Å². The Bertz CT molecular complexity index is 833. The molecule has 3 rings (SSSR count). The molecule has 0 atom stereocenters. The number of pyridine rings is 1. The van der Waals surface area contributed by atoms with Crippen molar-refractivity contribution in [3.63, 3.8) is 0 Å². The Hall–Kier alpha value is -3.16. The first-order valence-electron chi connectivity index (χ1n) is 9.90. The molecule has 1 aromatic heterocycles. The van der Waals surface area contributed by atoms with Crippen LogP contribution in [0.4, 0.5) is 17.2 Å². The van der Waals surface area contributed by atoms with Gasteiger partial charge in [-0.2, -0.15) is 0 Å². The highest BCUT2D eigenvalue weighted by Gasteiger charge is 2.17. The van der Waals surface area contributed by atoms with Crippen LogP contribution in [0.2, 0.25) is 0 Å². The summed E-state index contributed by atoms with van der Waals surface area (Å²) in [5.74, 6) is 1.77. The van der Waals surface area contributed by atoms with Crippen molar-refractivity contribution in [2.24, 2.45) is 5.92 Å². The summed E-state index contributed by atoms with van der Waals surface area (Å²) in [6, 6.07) is 10.0. The maximum atomic E-state index is 12.1. The number of para-hydroxylation sites is 2. The number of anilines is 2. The number of piperidine rings is 1. The van der Waals surface area contributed by atoms with Gasteiger partial charge in [0.15, 0.2) is 5.75 Å². The Morgan fingerprint density at radius 3 is 2.72 bits per heavy atom. The Labute approximate surface area is 170 Å². The van der Waals surface area contributed by atoms with E-state index >= 15 is 0 Å². The van der Waals surface area contributed by atoms with Gasteiger partial charge in [0.25, 0.3) is 0 Å². The van der Waals surface area contributed by atoms with Crippen LogP contribution in [0, 0.1) is 16.0 Å². The number of nitro benzene ring substituents is 1. The Kier molecular flexibility index (Phi) is 6.99. The molecule has 0 bridgehead atoms. The van der Waals surface area contributed by atoms with E-state index in [1.165, 1.54) is 18.9 Å². The van der Waals surface area contributed by atoms with Crippen molar-refractivity contribution in [2.45, 2.75) is 32.6 Å². The van der Waals surface area contributed by atoms with Gasteiger partial charge in [-0.1, -0.05) is 19.1 Å². The number of aromatic nitrogens is 1. The third kappa shape index (κ3) is 5.91. The minimum atomic E-state index is -0.483. The summed E-state index contributed by atoms with van der Waals surface area (Å²) < 4.78 is 5.45. The molecule has 154 valence electrons. The van der Waals surface area contributed by atoms with Gasteiger partial charge in [0, 0.05) is 25.6 Å². The highest BCUT2D eigenvalue weighted by Crippen LogP contribution is 2.26. The number of carbonyl (C=O) groups is 1. The van der Waals surface area contributed by atoms with Crippen molar-refractivity contribution in [3.05, 3.63) is 52.7 Å². The lowest BCUT2D eigenvalue weighted by molar-refractivity contribution is -0.385. The van der Waals surface area contributed by atoms with Crippen molar-refractivity contribution in [1.82, 2.24) is 4.98 Å². The second kappa shape index (κ2) is 9.86. The first-order valence-corrected chi connectivity index (χ1v) is 9.90. The molecule has 0 unspecified atom stereocenters. The maximum absolute atomic E-state index is 12.1. The Morgan fingerprint density at radius 2 is 2.03 bits per heavy atom. The van der Waals surface area contributed by atoms with E-state index < -0.39 is 4.92 Å². The highest BCUT2D eigenvalue weighted by atomic mass is 16.6. The fourth-order valence-electron chi connectivity index (χ4n) is 3.25. The smallest absolute Gasteiger partial charge is 0.310 e. The number of nitrogens with zero attached hydrogens (tertiary/aromatic N) is 3. The van der Waals surface area contributed by atoms with Crippen LogP contribution in [0.25, 0.3) is 0 Å². The molecule has 2 heterocycles. The van der Waals surface area contributed by atoms with Gasteiger partial charge in [0.1, 0.15) is 5.82 Å². The topological polar surface area (TPSA) is 97.6 Å². The zero-order valence-electron chi connectivity index (χ0n) is 16.5. The SMILES string of the molecule is CC1CCN(c2ccc(NC(=O)CCCOc3ccccc3[N+](=O)[O-])cn2)CC1. The van der Waals surface area contributed by atoms with Crippen LogP contribution < -0.4 is 15.0 Å². The average molecular weight is 398 g/mol. The van der Waals surface area contributed by atoms with Gasteiger partial charge >= 0.3 is 5.69 Å². The molecular formula is C21H26N4O4. The van der Waals surface area contributed by atoms with E-state index in [1.807, 2.05) is 12.1 Å². The van der Waals surface area contributed by atoms with E-state index in [0.717, 1.165) is 24.8 Å². The number of carbonyl (C=O) groups excluding carboxylic acids is 1. The Balaban J connectivity index is 1.41. The van der Waals surface area contributed by atoms with E-state index in [1.54, 1.807) is 24.4 Å². The highest BCUT2D eigenvalue weighted by molar-refractivity contribution is 5.90. The average Bonchev–Trinajstić information content (AvgIpc) is 2.72. The van der Waals surface area contributed by atoms with Gasteiger partial charge in [-0.25, -0.2) is 4.98 Å². The summed E-state index contributed by atoms with van der Waals surface area (Å²) in [4.78, 5) is 29.3. The summed E-state index contributed by atoms with van der Waals surface area (Å²) in [5.41, 5.74) is 0.579. The van der Waals surface area contributed by atoms with Crippen LogP contribution in [0.1, 0.15) is 32.6 Å². The van der Waals surface area contributed by atoms with E-state index in [9.17, 15) is 14.9 Å². The molecule has 8 nitrogen and oxygen atoms in total. The molecule has 1 N–H and O–H groups in total. The third-order valence-electron chi connectivity index (χ3n) is 5.01. The monoisotopic (exact) mass is 398 g/mol. The molecule has 1 fully saturated rings. The normalized spacial score (nSPS) is 14.4. The number of ether oxygens (including phenoxy) is 1. The lowest BCUT2D eigenvalue weighted by Crippen LogP contribution is -2.33. The third-order valence-corrected chi connectivity index (χ3v) is 5.01. The van der Waals surface area contributed by atoms with Gasteiger partial charge < -0.3 is 15.0 Å².